The van der Waals surface area contributed by atoms with Gasteiger partial charge in [-0.1, -0.05) is 18.2 Å². The van der Waals surface area contributed by atoms with Crippen LogP contribution in [0.4, 0.5) is 0 Å². The number of ether oxygens (including phenoxy) is 2. The summed E-state index contributed by atoms with van der Waals surface area (Å²) < 4.78 is 11.3. The van der Waals surface area contributed by atoms with E-state index in [0.29, 0.717) is 30.0 Å². The molecule has 0 aliphatic carbocycles. The fraction of sp³-hybridized carbons (Fsp3) is 0.208. The molecule has 0 bridgehead atoms. The van der Waals surface area contributed by atoms with Crippen LogP contribution in [0, 0.1) is 0 Å². The second-order valence-electron chi connectivity index (χ2n) is 7.06. The number of hydrogen-bond acceptors (Lipinski definition) is 5. The first-order chi connectivity index (χ1) is 14.7. The molecule has 1 unspecified atom stereocenters. The lowest BCUT2D eigenvalue weighted by atomic mass is 10.0. The second-order valence-corrected chi connectivity index (χ2v) is 7.06. The van der Waals surface area contributed by atoms with Crippen molar-refractivity contribution in [2.45, 2.75) is 25.3 Å². The summed E-state index contributed by atoms with van der Waals surface area (Å²) in [5.41, 5.74) is 0.472. The van der Waals surface area contributed by atoms with Crippen molar-refractivity contribution in [3.63, 3.8) is 0 Å². The number of hydrogen-bond donors (Lipinski definition) is 0. The van der Waals surface area contributed by atoms with Crippen molar-refractivity contribution in [2.75, 3.05) is 6.54 Å². The van der Waals surface area contributed by atoms with Crippen LogP contribution >= 0.6 is 0 Å². The lowest BCUT2D eigenvalue weighted by molar-refractivity contribution is -0.140. The molecule has 1 aliphatic rings. The number of pyridine rings is 1. The summed E-state index contributed by atoms with van der Waals surface area (Å²) >= 11 is 0. The maximum absolute atomic E-state index is 12.8. The van der Waals surface area contributed by atoms with Crippen molar-refractivity contribution in [1.82, 2.24) is 9.88 Å². The highest BCUT2D eigenvalue weighted by molar-refractivity contribution is 5.96. The average molecular weight is 402 g/mol. The van der Waals surface area contributed by atoms with Crippen molar-refractivity contribution < 1.29 is 19.1 Å². The Morgan fingerprint density at radius 3 is 2.33 bits per heavy atom. The summed E-state index contributed by atoms with van der Waals surface area (Å²) in [5, 5.41) is 0. The van der Waals surface area contributed by atoms with Gasteiger partial charge in [0.15, 0.2) is 0 Å². The number of para-hydroxylation sites is 1. The van der Waals surface area contributed by atoms with Crippen LogP contribution in [0.5, 0.6) is 17.2 Å². The SMILES string of the molecule is O=C(Oc1ccc(Oc2ccccc2)cc1)C1CCCCN1C(=O)c1cccnc1. The Morgan fingerprint density at radius 1 is 0.867 bits per heavy atom. The fourth-order valence-corrected chi connectivity index (χ4v) is 3.46. The molecule has 6 heteroatoms. The third kappa shape index (κ3) is 4.66. The van der Waals surface area contributed by atoms with Gasteiger partial charge >= 0.3 is 5.97 Å². The zero-order chi connectivity index (χ0) is 20.8. The zero-order valence-corrected chi connectivity index (χ0v) is 16.4. The predicted molar refractivity (Wildman–Crippen MR) is 112 cm³/mol. The number of carbonyl (C=O) groups is 2. The average Bonchev–Trinajstić information content (AvgIpc) is 2.81. The maximum atomic E-state index is 12.8. The number of rotatable bonds is 5. The van der Waals surface area contributed by atoms with E-state index in [4.69, 9.17) is 9.47 Å². The van der Waals surface area contributed by atoms with Crippen molar-refractivity contribution in [3.8, 4) is 17.2 Å². The molecule has 3 aromatic rings. The number of piperidine rings is 1. The van der Waals surface area contributed by atoms with Gasteiger partial charge in [-0.3, -0.25) is 9.78 Å². The van der Waals surface area contributed by atoms with Gasteiger partial charge in [0, 0.05) is 18.9 Å². The van der Waals surface area contributed by atoms with Crippen LogP contribution in [0.3, 0.4) is 0 Å². The summed E-state index contributed by atoms with van der Waals surface area (Å²) in [6.07, 6.45) is 5.45. The van der Waals surface area contributed by atoms with E-state index in [1.54, 1.807) is 47.5 Å². The van der Waals surface area contributed by atoms with Gasteiger partial charge in [-0.25, -0.2) is 4.79 Å². The molecule has 1 aliphatic heterocycles. The quantitative estimate of drug-likeness (QED) is 0.465. The third-order valence-electron chi connectivity index (χ3n) is 4.97. The summed E-state index contributed by atoms with van der Waals surface area (Å²) in [4.78, 5) is 31.3. The normalized spacial score (nSPS) is 16.0. The number of carbonyl (C=O) groups excluding carboxylic acids is 2. The molecule has 0 radical (unpaired) electrons. The number of benzene rings is 2. The van der Waals surface area contributed by atoms with Crippen LogP contribution in [0.15, 0.2) is 79.1 Å². The largest absolute Gasteiger partial charge is 0.457 e. The fourth-order valence-electron chi connectivity index (χ4n) is 3.46. The molecular formula is C24H22N2O4. The Labute approximate surface area is 175 Å². The molecule has 0 N–H and O–H groups in total. The standard InChI is InChI=1S/C24H22N2O4/c27-23(18-7-6-15-25-17-18)26-16-5-4-10-22(26)24(28)30-21-13-11-20(12-14-21)29-19-8-2-1-3-9-19/h1-3,6-9,11-15,17,22H,4-5,10,16H2. The molecule has 4 rings (SSSR count). The molecule has 2 aromatic carbocycles. The first-order valence-electron chi connectivity index (χ1n) is 9.96. The Balaban J connectivity index is 1.42. The van der Waals surface area contributed by atoms with Gasteiger partial charge in [0.05, 0.1) is 5.56 Å². The Morgan fingerprint density at radius 2 is 1.60 bits per heavy atom. The molecule has 1 saturated heterocycles. The van der Waals surface area contributed by atoms with Gasteiger partial charge in [-0.05, 0) is 67.8 Å². The second kappa shape index (κ2) is 9.22. The lowest BCUT2D eigenvalue weighted by Crippen LogP contribution is -2.49. The highest BCUT2D eigenvalue weighted by atomic mass is 16.5. The van der Waals surface area contributed by atoms with Crippen LogP contribution in [0.1, 0.15) is 29.6 Å². The Bertz CT molecular complexity index is 991. The van der Waals surface area contributed by atoms with Gasteiger partial charge in [0.1, 0.15) is 23.3 Å². The van der Waals surface area contributed by atoms with Gasteiger partial charge in [-0.2, -0.15) is 0 Å². The molecule has 0 saturated carbocycles. The van der Waals surface area contributed by atoms with E-state index in [9.17, 15) is 9.59 Å². The van der Waals surface area contributed by atoms with E-state index < -0.39 is 12.0 Å². The van der Waals surface area contributed by atoms with Gasteiger partial charge in [-0.15, -0.1) is 0 Å². The molecule has 1 amide bonds. The van der Waals surface area contributed by atoms with E-state index in [1.165, 1.54) is 6.20 Å². The molecule has 6 nitrogen and oxygen atoms in total. The Kier molecular flexibility index (Phi) is 6.03. The first-order valence-corrected chi connectivity index (χ1v) is 9.96. The Hall–Kier alpha value is -3.67. The molecular weight excluding hydrogens is 380 g/mol. The smallest absolute Gasteiger partial charge is 0.334 e. The van der Waals surface area contributed by atoms with E-state index >= 15 is 0 Å². The van der Waals surface area contributed by atoms with Gasteiger partial charge in [0.25, 0.3) is 5.91 Å². The van der Waals surface area contributed by atoms with E-state index in [-0.39, 0.29) is 5.91 Å². The molecule has 1 atom stereocenters. The van der Waals surface area contributed by atoms with Crippen LogP contribution in [0.25, 0.3) is 0 Å². The molecule has 30 heavy (non-hydrogen) atoms. The lowest BCUT2D eigenvalue weighted by Gasteiger charge is -2.34. The molecule has 1 fully saturated rings. The van der Waals surface area contributed by atoms with Crippen molar-refractivity contribution in [3.05, 3.63) is 84.7 Å². The first kappa shape index (κ1) is 19.6. The highest BCUT2D eigenvalue weighted by Crippen LogP contribution is 2.25. The monoisotopic (exact) mass is 402 g/mol. The van der Waals surface area contributed by atoms with Crippen molar-refractivity contribution in [2.24, 2.45) is 0 Å². The summed E-state index contributed by atoms with van der Waals surface area (Å²) in [5.74, 6) is 1.17. The zero-order valence-electron chi connectivity index (χ0n) is 16.4. The van der Waals surface area contributed by atoms with Gasteiger partial charge < -0.3 is 14.4 Å². The van der Waals surface area contributed by atoms with E-state index in [1.807, 2.05) is 30.3 Å². The van der Waals surface area contributed by atoms with Crippen LogP contribution in [-0.2, 0) is 4.79 Å². The summed E-state index contributed by atoms with van der Waals surface area (Å²) in [6, 6.07) is 19.1. The third-order valence-corrected chi connectivity index (χ3v) is 4.97. The van der Waals surface area contributed by atoms with Crippen molar-refractivity contribution >= 4 is 11.9 Å². The minimum atomic E-state index is -0.605. The molecule has 2 heterocycles. The highest BCUT2D eigenvalue weighted by Gasteiger charge is 2.34. The van der Waals surface area contributed by atoms with Crippen LogP contribution < -0.4 is 9.47 Å². The number of nitrogens with zero attached hydrogens (tertiary/aromatic N) is 2. The molecule has 1 aromatic heterocycles. The van der Waals surface area contributed by atoms with E-state index in [0.717, 1.165) is 18.6 Å². The summed E-state index contributed by atoms with van der Waals surface area (Å²) in [6.45, 7) is 0.525. The summed E-state index contributed by atoms with van der Waals surface area (Å²) in [7, 11) is 0. The number of amides is 1. The van der Waals surface area contributed by atoms with Gasteiger partial charge in [0.2, 0.25) is 0 Å². The number of aromatic nitrogens is 1. The van der Waals surface area contributed by atoms with Crippen molar-refractivity contribution in [1.29, 1.82) is 0 Å². The molecule has 152 valence electrons. The number of esters is 1. The van der Waals surface area contributed by atoms with Crippen LogP contribution in [-0.4, -0.2) is 34.3 Å². The maximum Gasteiger partial charge on any atom is 0.334 e. The minimum absolute atomic E-state index is 0.198. The topological polar surface area (TPSA) is 68.7 Å². The minimum Gasteiger partial charge on any atom is -0.457 e. The molecule has 0 spiro atoms. The van der Waals surface area contributed by atoms with Crippen LogP contribution in [0.2, 0.25) is 0 Å². The predicted octanol–water partition coefficient (Wildman–Crippen LogP) is 4.47. The number of likely N-dealkylation sites (tertiary alicyclic amines) is 1. The van der Waals surface area contributed by atoms with E-state index in [2.05, 4.69) is 4.98 Å².